The van der Waals surface area contributed by atoms with Crippen LogP contribution < -0.4 is 10.6 Å². The zero-order chi connectivity index (χ0) is 11.4. The smallest absolute Gasteiger partial charge is 0.0389 e. The number of benzene rings is 1. The molecule has 2 nitrogen and oxygen atoms in total. The Morgan fingerprint density at radius 2 is 2.00 bits per heavy atom. The third-order valence-corrected chi connectivity index (χ3v) is 2.86. The summed E-state index contributed by atoms with van der Waals surface area (Å²) in [6.45, 7) is 6.55. The number of hydrogen-bond acceptors (Lipinski definition) is 2. The molecule has 0 saturated heterocycles. The molecule has 0 aliphatic carbocycles. The van der Waals surface area contributed by atoms with E-state index < -0.39 is 0 Å². The van der Waals surface area contributed by atoms with Crippen LogP contribution in [-0.4, -0.2) is 13.1 Å². The van der Waals surface area contributed by atoms with Crippen LogP contribution in [0.2, 0.25) is 0 Å². The molecule has 0 bridgehead atoms. The van der Waals surface area contributed by atoms with Gasteiger partial charge in [-0.1, -0.05) is 13.3 Å². The van der Waals surface area contributed by atoms with E-state index >= 15 is 0 Å². The second-order valence-electron chi connectivity index (χ2n) is 4.35. The van der Waals surface area contributed by atoms with Gasteiger partial charge >= 0.3 is 0 Å². The van der Waals surface area contributed by atoms with Gasteiger partial charge < -0.3 is 10.6 Å². The minimum atomic E-state index is 0.566. The van der Waals surface area contributed by atoms with E-state index in [-0.39, 0.29) is 0 Å². The maximum absolute atomic E-state index is 5.84. The van der Waals surface area contributed by atoms with Crippen molar-refractivity contribution in [2.45, 2.75) is 39.7 Å². The molecule has 0 fully saturated rings. The highest BCUT2D eigenvalue weighted by atomic mass is 15.1. The Morgan fingerprint density at radius 1 is 1.33 bits per heavy atom. The van der Waals surface area contributed by atoms with Crippen LogP contribution in [0.15, 0.2) is 18.2 Å². The van der Waals surface area contributed by atoms with E-state index in [2.05, 4.69) is 38.8 Å². The maximum Gasteiger partial charge on any atom is 0.0389 e. The first-order valence-corrected chi connectivity index (χ1v) is 5.64. The lowest BCUT2D eigenvalue weighted by Crippen LogP contribution is -2.28. The molecule has 0 aliphatic heterocycles. The van der Waals surface area contributed by atoms with E-state index in [1.165, 1.54) is 24.1 Å². The second kappa shape index (κ2) is 5.06. The van der Waals surface area contributed by atoms with E-state index in [4.69, 9.17) is 5.73 Å². The van der Waals surface area contributed by atoms with Gasteiger partial charge in [-0.05, 0) is 44.0 Å². The van der Waals surface area contributed by atoms with E-state index in [1.54, 1.807) is 0 Å². The predicted octanol–water partition coefficient (Wildman–Crippen LogP) is 3.20. The summed E-state index contributed by atoms with van der Waals surface area (Å²) in [6, 6.07) is 6.79. The van der Waals surface area contributed by atoms with Gasteiger partial charge in [0.25, 0.3) is 0 Å². The van der Waals surface area contributed by atoms with E-state index in [0.717, 1.165) is 5.69 Å². The molecular weight excluding hydrogens is 184 g/mol. The number of hydrogen-bond donors (Lipinski definition) is 1. The molecule has 0 saturated carbocycles. The monoisotopic (exact) mass is 206 g/mol. The van der Waals surface area contributed by atoms with Gasteiger partial charge in [-0.3, -0.25) is 0 Å². The first-order valence-electron chi connectivity index (χ1n) is 5.64. The standard InChI is InChI=1S/C13H22N2/c1-5-6-11(3)15(4)13-8-10(2)7-12(14)9-13/h7-9,11H,5-6,14H2,1-4H3. The van der Waals surface area contributed by atoms with E-state index in [9.17, 15) is 0 Å². The largest absolute Gasteiger partial charge is 0.399 e. The molecule has 1 rings (SSSR count). The maximum atomic E-state index is 5.84. The fourth-order valence-electron chi connectivity index (χ4n) is 1.86. The summed E-state index contributed by atoms with van der Waals surface area (Å²) >= 11 is 0. The molecule has 1 atom stereocenters. The van der Waals surface area contributed by atoms with Crippen molar-refractivity contribution in [2.75, 3.05) is 17.7 Å². The van der Waals surface area contributed by atoms with Gasteiger partial charge in [-0.25, -0.2) is 0 Å². The first-order chi connectivity index (χ1) is 7.04. The summed E-state index contributed by atoms with van der Waals surface area (Å²) in [5.74, 6) is 0. The molecule has 2 N–H and O–H groups in total. The summed E-state index contributed by atoms with van der Waals surface area (Å²) in [5, 5.41) is 0. The number of anilines is 2. The van der Waals surface area contributed by atoms with E-state index in [1.807, 2.05) is 12.1 Å². The molecule has 0 radical (unpaired) electrons. The van der Waals surface area contributed by atoms with Gasteiger partial charge in [-0.2, -0.15) is 0 Å². The van der Waals surface area contributed by atoms with Crippen LogP contribution in [0.5, 0.6) is 0 Å². The van der Waals surface area contributed by atoms with Crippen LogP contribution in [0.3, 0.4) is 0 Å². The molecule has 1 aromatic carbocycles. The van der Waals surface area contributed by atoms with Crippen LogP contribution in [0.4, 0.5) is 11.4 Å². The Labute approximate surface area is 93.1 Å². The SMILES string of the molecule is CCCC(C)N(C)c1cc(C)cc(N)c1. The Morgan fingerprint density at radius 3 is 2.53 bits per heavy atom. The van der Waals surface area contributed by atoms with Crippen molar-refractivity contribution in [3.8, 4) is 0 Å². The number of nitrogen functional groups attached to an aromatic ring is 1. The predicted molar refractivity (Wildman–Crippen MR) is 68.4 cm³/mol. The van der Waals surface area contributed by atoms with Crippen LogP contribution in [0, 0.1) is 6.92 Å². The zero-order valence-corrected chi connectivity index (χ0v) is 10.2. The average Bonchev–Trinajstić information content (AvgIpc) is 2.15. The van der Waals surface area contributed by atoms with Crippen molar-refractivity contribution in [1.29, 1.82) is 0 Å². The fraction of sp³-hybridized carbons (Fsp3) is 0.538. The minimum absolute atomic E-state index is 0.566. The Bertz CT molecular complexity index is 300. The van der Waals surface area contributed by atoms with Crippen LogP contribution in [0.1, 0.15) is 32.3 Å². The first kappa shape index (κ1) is 11.9. The fourth-order valence-corrected chi connectivity index (χ4v) is 1.86. The van der Waals surface area contributed by atoms with Gasteiger partial charge in [0.05, 0.1) is 0 Å². The number of nitrogens with zero attached hydrogens (tertiary/aromatic N) is 1. The Balaban J connectivity index is 2.85. The van der Waals surface area contributed by atoms with Gasteiger partial charge in [0.1, 0.15) is 0 Å². The lowest BCUT2D eigenvalue weighted by molar-refractivity contribution is 0.616. The van der Waals surface area contributed by atoms with Crippen molar-refractivity contribution >= 4 is 11.4 Å². The molecule has 0 spiro atoms. The van der Waals surface area contributed by atoms with E-state index in [0.29, 0.717) is 6.04 Å². The topological polar surface area (TPSA) is 29.3 Å². The highest BCUT2D eigenvalue weighted by Crippen LogP contribution is 2.22. The molecule has 2 heteroatoms. The summed E-state index contributed by atoms with van der Waals surface area (Å²) in [6.07, 6.45) is 2.43. The molecule has 84 valence electrons. The summed E-state index contributed by atoms with van der Waals surface area (Å²) in [5.41, 5.74) is 9.13. The van der Waals surface area contributed by atoms with Crippen molar-refractivity contribution < 1.29 is 0 Å². The number of aryl methyl sites for hydroxylation is 1. The molecule has 0 heterocycles. The molecule has 15 heavy (non-hydrogen) atoms. The number of nitrogens with two attached hydrogens (primary N) is 1. The Kier molecular flexibility index (Phi) is 4.01. The third kappa shape index (κ3) is 3.15. The molecule has 0 aliphatic rings. The highest BCUT2D eigenvalue weighted by Gasteiger charge is 2.09. The summed E-state index contributed by atoms with van der Waals surface area (Å²) < 4.78 is 0. The van der Waals surface area contributed by atoms with Crippen molar-refractivity contribution in [1.82, 2.24) is 0 Å². The van der Waals surface area contributed by atoms with Crippen molar-refractivity contribution in [3.05, 3.63) is 23.8 Å². The van der Waals surface area contributed by atoms with Crippen LogP contribution in [0.25, 0.3) is 0 Å². The molecule has 1 aromatic rings. The molecule has 1 unspecified atom stereocenters. The average molecular weight is 206 g/mol. The van der Waals surface area contributed by atoms with Crippen molar-refractivity contribution in [2.24, 2.45) is 0 Å². The highest BCUT2D eigenvalue weighted by molar-refractivity contribution is 5.58. The van der Waals surface area contributed by atoms with Crippen molar-refractivity contribution in [3.63, 3.8) is 0 Å². The lowest BCUT2D eigenvalue weighted by Gasteiger charge is -2.27. The summed E-state index contributed by atoms with van der Waals surface area (Å²) in [7, 11) is 2.13. The van der Waals surface area contributed by atoms with Gasteiger partial charge in [0, 0.05) is 24.5 Å². The zero-order valence-electron chi connectivity index (χ0n) is 10.2. The van der Waals surface area contributed by atoms with Crippen LogP contribution >= 0.6 is 0 Å². The van der Waals surface area contributed by atoms with Gasteiger partial charge in [-0.15, -0.1) is 0 Å². The third-order valence-electron chi connectivity index (χ3n) is 2.86. The van der Waals surface area contributed by atoms with Crippen LogP contribution in [-0.2, 0) is 0 Å². The molecule has 0 amide bonds. The minimum Gasteiger partial charge on any atom is -0.399 e. The van der Waals surface area contributed by atoms with Gasteiger partial charge in [0.2, 0.25) is 0 Å². The normalized spacial score (nSPS) is 12.5. The molecular formula is C13H22N2. The van der Waals surface area contributed by atoms with Gasteiger partial charge in [0.15, 0.2) is 0 Å². The second-order valence-corrected chi connectivity index (χ2v) is 4.35. The quantitative estimate of drug-likeness (QED) is 0.766. The number of rotatable bonds is 4. The Hall–Kier alpha value is -1.18. The molecule has 0 aromatic heterocycles. The summed E-state index contributed by atoms with van der Waals surface area (Å²) in [4.78, 5) is 2.30. The lowest BCUT2D eigenvalue weighted by atomic mass is 10.1.